The Kier molecular flexibility index (Phi) is 4.39. The first kappa shape index (κ1) is 14.0. The smallest absolute Gasteiger partial charge is 0.124 e. The number of aryl methyl sites for hydroxylation is 1. The van der Waals surface area contributed by atoms with E-state index < -0.39 is 0 Å². The van der Waals surface area contributed by atoms with Crippen LogP contribution in [0.4, 0.5) is 4.39 Å². The van der Waals surface area contributed by atoms with Gasteiger partial charge in [0.15, 0.2) is 0 Å². The third-order valence-corrected chi connectivity index (χ3v) is 4.32. The van der Waals surface area contributed by atoms with Gasteiger partial charge in [-0.05, 0) is 63.3 Å². The molecule has 2 aromatic rings. The zero-order chi connectivity index (χ0) is 13.3. The van der Waals surface area contributed by atoms with E-state index in [1.807, 2.05) is 18.8 Å². The number of aromatic nitrogens is 2. The minimum absolute atomic E-state index is 0.0284. The highest BCUT2D eigenvalue weighted by Crippen LogP contribution is 2.30. The molecule has 18 heavy (non-hydrogen) atoms. The molecule has 2 rings (SSSR count). The summed E-state index contributed by atoms with van der Waals surface area (Å²) in [6, 6.07) is 4.79. The molecule has 0 radical (unpaired) electrons. The average molecular weight is 424 g/mol. The molecule has 1 atom stereocenters. The predicted molar refractivity (Wildman–Crippen MR) is 80.9 cm³/mol. The summed E-state index contributed by atoms with van der Waals surface area (Å²) < 4.78 is 16.8. The topological polar surface area (TPSA) is 29.9 Å². The maximum Gasteiger partial charge on any atom is 0.124 e. The van der Waals surface area contributed by atoms with Gasteiger partial charge in [0.1, 0.15) is 5.82 Å². The Bertz CT molecular complexity index is 551. The second-order valence-electron chi connectivity index (χ2n) is 3.89. The molecule has 0 bridgehead atoms. The zero-order valence-electron chi connectivity index (χ0n) is 9.92. The van der Waals surface area contributed by atoms with Gasteiger partial charge in [0.25, 0.3) is 0 Å². The van der Waals surface area contributed by atoms with Crippen LogP contribution in [-0.4, -0.2) is 16.8 Å². The molecule has 1 unspecified atom stereocenters. The number of hydrogen-bond acceptors (Lipinski definition) is 2. The van der Waals surface area contributed by atoms with Crippen molar-refractivity contribution in [2.24, 2.45) is 7.05 Å². The zero-order valence-corrected chi connectivity index (χ0v) is 13.7. The van der Waals surface area contributed by atoms with E-state index in [1.165, 1.54) is 12.1 Å². The molecule has 0 amide bonds. The summed E-state index contributed by atoms with van der Waals surface area (Å²) in [6.45, 7) is 0. The van der Waals surface area contributed by atoms with E-state index in [-0.39, 0.29) is 11.9 Å². The molecule has 3 nitrogen and oxygen atoms in total. The summed E-state index contributed by atoms with van der Waals surface area (Å²) >= 11 is 5.64. The number of rotatable bonds is 3. The van der Waals surface area contributed by atoms with Gasteiger partial charge in [0.05, 0.1) is 22.4 Å². The average Bonchev–Trinajstić information content (AvgIpc) is 2.64. The van der Waals surface area contributed by atoms with Gasteiger partial charge < -0.3 is 5.32 Å². The minimum atomic E-state index is -0.220. The molecule has 1 heterocycles. The molecule has 0 fully saturated rings. The molecule has 0 spiro atoms. The van der Waals surface area contributed by atoms with Gasteiger partial charge >= 0.3 is 0 Å². The van der Waals surface area contributed by atoms with Crippen LogP contribution >= 0.6 is 38.5 Å². The maximum absolute atomic E-state index is 13.2. The van der Waals surface area contributed by atoms with Crippen molar-refractivity contribution in [3.8, 4) is 0 Å². The largest absolute Gasteiger partial charge is 0.308 e. The van der Waals surface area contributed by atoms with Gasteiger partial charge in [0.2, 0.25) is 0 Å². The number of hydrogen-bond donors (Lipinski definition) is 1. The summed E-state index contributed by atoms with van der Waals surface area (Å²) in [4.78, 5) is 0. The van der Waals surface area contributed by atoms with E-state index in [9.17, 15) is 4.39 Å². The van der Waals surface area contributed by atoms with Crippen molar-refractivity contribution in [1.82, 2.24) is 15.1 Å². The maximum atomic E-state index is 13.2. The van der Waals surface area contributed by atoms with Crippen molar-refractivity contribution in [1.29, 1.82) is 0 Å². The first-order valence-electron chi connectivity index (χ1n) is 5.34. The third kappa shape index (κ3) is 2.60. The van der Waals surface area contributed by atoms with Gasteiger partial charge in [-0.25, -0.2) is 4.39 Å². The van der Waals surface area contributed by atoms with Crippen LogP contribution in [0.5, 0.6) is 0 Å². The Labute approximate surface area is 127 Å². The Hall–Kier alpha value is -0.470. The Balaban J connectivity index is 2.52. The molecule has 0 saturated heterocycles. The highest BCUT2D eigenvalue weighted by Gasteiger charge is 2.21. The highest BCUT2D eigenvalue weighted by molar-refractivity contribution is 14.1. The fraction of sp³-hybridized carbons (Fsp3) is 0.250. The van der Waals surface area contributed by atoms with Crippen molar-refractivity contribution < 1.29 is 4.39 Å². The molecular weight excluding hydrogens is 412 g/mol. The van der Waals surface area contributed by atoms with Crippen LogP contribution in [-0.2, 0) is 7.05 Å². The molecule has 1 aromatic heterocycles. The van der Waals surface area contributed by atoms with Gasteiger partial charge in [-0.2, -0.15) is 5.10 Å². The van der Waals surface area contributed by atoms with Crippen LogP contribution in [0.1, 0.15) is 17.3 Å². The van der Waals surface area contributed by atoms with Gasteiger partial charge in [-0.3, -0.25) is 4.68 Å². The van der Waals surface area contributed by atoms with Crippen molar-refractivity contribution in [2.75, 3.05) is 7.05 Å². The quantitative estimate of drug-likeness (QED) is 0.768. The Morgan fingerprint density at radius 3 is 2.72 bits per heavy atom. The van der Waals surface area contributed by atoms with Gasteiger partial charge in [0, 0.05) is 10.6 Å². The van der Waals surface area contributed by atoms with Gasteiger partial charge in [-0.15, -0.1) is 0 Å². The fourth-order valence-corrected chi connectivity index (χ4v) is 3.29. The van der Waals surface area contributed by atoms with E-state index in [4.69, 9.17) is 0 Å². The SMILES string of the molecule is CNC(c1ccc(F)cc1I)c1c(Br)cnn1C. The Morgan fingerprint density at radius 2 is 2.22 bits per heavy atom. The molecule has 1 N–H and O–H groups in total. The second-order valence-corrected chi connectivity index (χ2v) is 5.91. The predicted octanol–water partition coefficient (Wildman–Crippen LogP) is 3.24. The minimum Gasteiger partial charge on any atom is -0.308 e. The molecular formula is C12H12BrFIN3. The number of halogens is 3. The van der Waals surface area contributed by atoms with E-state index in [1.54, 1.807) is 12.3 Å². The molecule has 0 aliphatic rings. The number of nitrogens with one attached hydrogen (secondary N) is 1. The lowest BCUT2D eigenvalue weighted by Gasteiger charge is -2.19. The van der Waals surface area contributed by atoms with Crippen molar-refractivity contribution >= 4 is 38.5 Å². The summed E-state index contributed by atoms with van der Waals surface area (Å²) in [5.41, 5.74) is 2.05. The normalized spacial score (nSPS) is 12.7. The van der Waals surface area contributed by atoms with Crippen molar-refractivity contribution in [2.45, 2.75) is 6.04 Å². The van der Waals surface area contributed by atoms with Crippen molar-refractivity contribution in [3.63, 3.8) is 0 Å². The monoisotopic (exact) mass is 423 g/mol. The fourth-order valence-electron chi connectivity index (χ4n) is 1.92. The molecule has 6 heteroatoms. The molecule has 96 valence electrons. The molecule has 1 aromatic carbocycles. The lowest BCUT2D eigenvalue weighted by Crippen LogP contribution is -2.22. The molecule has 0 saturated carbocycles. The van der Waals surface area contributed by atoms with E-state index in [0.29, 0.717) is 0 Å². The highest BCUT2D eigenvalue weighted by atomic mass is 127. The van der Waals surface area contributed by atoms with Crippen LogP contribution in [0.2, 0.25) is 0 Å². The van der Waals surface area contributed by atoms with Crippen LogP contribution < -0.4 is 5.32 Å². The van der Waals surface area contributed by atoms with Crippen LogP contribution in [0.25, 0.3) is 0 Å². The Morgan fingerprint density at radius 1 is 1.50 bits per heavy atom. The first-order valence-corrected chi connectivity index (χ1v) is 7.21. The summed E-state index contributed by atoms with van der Waals surface area (Å²) in [5.74, 6) is -0.220. The second kappa shape index (κ2) is 5.66. The van der Waals surface area contributed by atoms with E-state index in [2.05, 4.69) is 48.9 Å². The van der Waals surface area contributed by atoms with Crippen LogP contribution in [0, 0.1) is 9.39 Å². The molecule has 0 aliphatic heterocycles. The third-order valence-electron chi connectivity index (χ3n) is 2.77. The van der Waals surface area contributed by atoms with E-state index in [0.717, 1.165) is 19.3 Å². The summed E-state index contributed by atoms with van der Waals surface area (Å²) in [6.07, 6.45) is 1.76. The lowest BCUT2D eigenvalue weighted by molar-refractivity contribution is 0.595. The van der Waals surface area contributed by atoms with Crippen LogP contribution in [0.3, 0.4) is 0 Å². The lowest BCUT2D eigenvalue weighted by atomic mass is 10.0. The summed E-state index contributed by atoms with van der Waals surface area (Å²) in [7, 11) is 3.77. The van der Waals surface area contributed by atoms with Crippen LogP contribution in [0.15, 0.2) is 28.9 Å². The van der Waals surface area contributed by atoms with Crippen molar-refractivity contribution in [3.05, 3.63) is 49.5 Å². The molecule has 0 aliphatic carbocycles. The van der Waals surface area contributed by atoms with Gasteiger partial charge in [-0.1, -0.05) is 6.07 Å². The van der Waals surface area contributed by atoms with E-state index >= 15 is 0 Å². The number of benzene rings is 1. The standard InChI is InChI=1S/C12H12BrFIN3/c1-16-11(12-9(13)6-17-18(12)2)8-4-3-7(14)5-10(8)15/h3-6,11,16H,1-2H3. The summed E-state index contributed by atoms with van der Waals surface area (Å²) in [5, 5.41) is 7.46. The first-order chi connectivity index (χ1) is 8.54. The number of nitrogens with zero attached hydrogens (tertiary/aromatic N) is 2.